The number of aromatic hydroxyl groups is 1. The molecule has 2 N–H and O–H groups in total. The summed E-state index contributed by atoms with van der Waals surface area (Å²) in [5.41, 5.74) is 2.22. The first-order valence-corrected chi connectivity index (χ1v) is 8.29. The number of para-hydroxylation sites is 1. The van der Waals surface area contributed by atoms with Crippen LogP contribution in [0, 0.1) is 0 Å². The van der Waals surface area contributed by atoms with Crippen LogP contribution in [-0.2, 0) is 6.42 Å². The molecule has 0 fully saturated rings. The molecule has 0 saturated carbocycles. The molecule has 7 nitrogen and oxygen atoms in total. The highest BCUT2D eigenvalue weighted by molar-refractivity contribution is 6.35. The molecule has 0 radical (unpaired) electrons. The predicted octanol–water partition coefficient (Wildman–Crippen LogP) is 5.15. The summed E-state index contributed by atoms with van der Waals surface area (Å²) in [7, 11) is 0. The van der Waals surface area contributed by atoms with Gasteiger partial charge < -0.3 is 14.5 Å². The largest absolute Gasteiger partial charge is 0.493 e. The molecule has 0 aliphatic carbocycles. The minimum atomic E-state index is -0.552. The number of aryl methyl sites for hydroxylation is 1. The molecule has 2 heterocycles. The van der Waals surface area contributed by atoms with Crippen LogP contribution in [0.15, 0.2) is 51.0 Å². The van der Waals surface area contributed by atoms with Crippen molar-refractivity contribution in [2.45, 2.75) is 13.3 Å². The highest BCUT2D eigenvalue weighted by Crippen LogP contribution is 2.38. The van der Waals surface area contributed by atoms with Crippen molar-refractivity contribution in [2.75, 3.05) is 0 Å². The van der Waals surface area contributed by atoms with Crippen molar-refractivity contribution in [3.05, 3.63) is 52.9 Å². The molecule has 0 atom stereocenters. The highest BCUT2D eigenvalue weighted by atomic mass is 35.5. The molecule has 0 unspecified atom stereocenters. The van der Waals surface area contributed by atoms with Gasteiger partial charge in [0.25, 0.3) is 5.91 Å². The summed E-state index contributed by atoms with van der Waals surface area (Å²) in [6.45, 7) is 1.94. The van der Waals surface area contributed by atoms with Crippen LogP contribution in [0.4, 0.5) is 5.69 Å². The van der Waals surface area contributed by atoms with Crippen molar-refractivity contribution >= 4 is 45.2 Å². The SMILES string of the molecule is CCc1nc2cc(C(=O)N=Nc3c(O)[nH]c4c(Cl)cccc34)ccc2o1. The van der Waals surface area contributed by atoms with Crippen molar-refractivity contribution in [3.8, 4) is 5.88 Å². The molecule has 0 aliphatic heterocycles. The Balaban J connectivity index is 1.68. The number of amides is 1. The molecular weight excluding hydrogens is 356 g/mol. The molecule has 0 aliphatic rings. The van der Waals surface area contributed by atoms with Crippen LogP contribution in [-0.4, -0.2) is 21.0 Å². The maximum atomic E-state index is 12.3. The Morgan fingerprint density at radius 2 is 2.19 bits per heavy atom. The first-order valence-electron chi connectivity index (χ1n) is 7.91. The molecule has 4 rings (SSSR count). The molecule has 0 bridgehead atoms. The normalized spacial score (nSPS) is 11.8. The lowest BCUT2D eigenvalue weighted by molar-refractivity contribution is 0.0995. The minimum Gasteiger partial charge on any atom is -0.493 e. The quantitative estimate of drug-likeness (QED) is 0.487. The van der Waals surface area contributed by atoms with E-state index in [1.54, 1.807) is 36.4 Å². The Hall–Kier alpha value is -3.19. The number of hydrogen-bond donors (Lipinski definition) is 2. The topological polar surface area (TPSA) is 104 Å². The van der Waals surface area contributed by atoms with Gasteiger partial charge in [-0.15, -0.1) is 10.2 Å². The van der Waals surface area contributed by atoms with Gasteiger partial charge in [0.15, 0.2) is 17.2 Å². The monoisotopic (exact) mass is 368 g/mol. The lowest BCUT2D eigenvalue weighted by Crippen LogP contribution is -1.93. The molecule has 0 saturated heterocycles. The summed E-state index contributed by atoms with van der Waals surface area (Å²) < 4.78 is 5.52. The van der Waals surface area contributed by atoms with Gasteiger partial charge in [-0.05, 0) is 24.3 Å². The number of aromatic amines is 1. The second-order valence-corrected chi connectivity index (χ2v) is 6.04. The van der Waals surface area contributed by atoms with Gasteiger partial charge in [0.1, 0.15) is 5.52 Å². The van der Waals surface area contributed by atoms with E-state index < -0.39 is 5.91 Å². The van der Waals surface area contributed by atoms with E-state index in [4.69, 9.17) is 16.0 Å². The number of fused-ring (bicyclic) bond motifs is 2. The number of benzene rings is 2. The van der Waals surface area contributed by atoms with Crippen LogP contribution < -0.4 is 0 Å². The van der Waals surface area contributed by atoms with Crippen molar-refractivity contribution in [3.63, 3.8) is 0 Å². The number of oxazole rings is 1. The van der Waals surface area contributed by atoms with E-state index >= 15 is 0 Å². The van der Waals surface area contributed by atoms with E-state index in [9.17, 15) is 9.90 Å². The average molecular weight is 369 g/mol. The number of H-pyrrole nitrogens is 1. The zero-order valence-electron chi connectivity index (χ0n) is 13.7. The third-order valence-electron chi connectivity index (χ3n) is 3.96. The van der Waals surface area contributed by atoms with Gasteiger partial charge in [-0.3, -0.25) is 4.79 Å². The van der Waals surface area contributed by atoms with Crippen LogP contribution in [0.5, 0.6) is 5.88 Å². The minimum absolute atomic E-state index is 0.159. The van der Waals surface area contributed by atoms with E-state index in [0.717, 1.165) is 0 Å². The molecule has 1 amide bonds. The van der Waals surface area contributed by atoms with Crippen molar-refractivity contribution in [1.29, 1.82) is 0 Å². The molecule has 8 heteroatoms. The van der Waals surface area contributed by atoms with E-state index in [-0.39, 0.29) is 11.6 Å². The number of aromatic nitrogens is 2. The van der Waals surface area contributed by atoms with Crippen LogP contribution >= 0.6 is 11.6 Å². The lowest BCUT2D eigenvalue weighted by atomic mass is 10.2. The summed E-state index contributed by atoms with van der Waals surface area (Å²) in [5, 5.41) is 18.6. The van der Waals surface area contributed by atoms with Gasteiger partial charge in [0.2, 0.25) is 5.88 Å². The number of azo groups is 1. The van der Waals surface area contributed by atoms with Gasteiger partial charge in [0, 0.05) is 17.4 Å². The van der Waals surface area contributed by atoms with Crippen molar-refractivity contribution in [1.82, 2.24) is 9.97 Å². The van der Waals surface area contributed by atoms with Gasteiger partial charge in [-0.2, -0.15) is 0 Å². The number of carbonyl (C=O) groups excluding carboxylic acids is 1. The Morgan fingerprint density at radius 1 is 1.35 bits per heavy atom. The Morgan fingerprint density at radius 3 is 3.00 bits per heavy atom. The molecule has 2 aromatic heterocycles. The summed E-state index contributed by atoms with van der Waals surface area (Å²) >= 11 is 6.07. The molecular formula is C18H13ClN4O3. The maximum absolute atomic E-state index is 12.3. The van der Waals surface area contributed by atoms with Crippen molar-refractivity contribution < 1.29 is 14.3 Å². The number of nitrogens with one attached hydrogen (secondary N) is 1. The molecule has 26 heavy (non-hydrogen) atoms. The van der Waals surface area contributed by atoms with E-state index in [0.29, 0.717) is 44.9 Å². The number of halogens is 1. The van der Waals surface area contributed by atoms with Gasteiger partial charge in [-0.1, -0.05) is 30.7 Å². The first kappa shape index (κ1) is 16.3. The summed E-state index contributed by atoms with van der Waals surface area (Å²) in [4.78, 5) is 19.4. The Labute approximate surface area is 152 Å². The Kier molecular flexibility index (Phi) is 3.93. The van der Waals surface area contributed by atoms with Crippen molar-refractivity contribution in [2.24, 2.45) is 10.2 Å². The third-order valence-corrected chi connectivity index (χ3v) is 4.27. The second-order valence-electron chi connectivity index (χ2n) is 5.63. The standard InChI is InChI=1S/C18H13ClN4O3/c1-2-14-20-12-8-9(6-7-13(12)26-14)17(24)23-22-16-10-4-3-5-11(19)15(10)21-18(16)25/h3-8,21,25H,2H2,1H3. The molecule has 4 aromatic rings. The number of rotatable bonds is 3. The third kappa shape index (κ3) is 2.72. The zero-order valence-corrected chi connectivity index (χ0v) is 14.4. The highest BCUT2D eigenvalue weighted by Gasteiger charge is 2.14. The summed E-state index contributed by atoms with van der Waals surface area (Å²) in [6.07, 6.45) is 0.667. The zero-order chi connectivity index (χ0) is 18.3. The van der Waals surface area contributed by atoms with Crippen LogP contribution in [0.1, 0.15) is 23.2 Å². The fourth-order valence-electron chi connectivity index (χ4n) is 2.67. The first-order chi connectivity index (χ1) is 12.6. The number of nitrogens with zero attached hydrogens (tertiary/aromatic N) is 3. The van der Waals surface area contributed by atoms with E-state index in [2.05, 4.69) is 20.2 Å². The molecule has 2 aromatic carbocycles. The van der Waals surface area contributed by atoms with Gasteiger partial charge in [0.05, 0.1) is 10.5 Å². The average Bonchev–Trinajstić information content (AvgIpc) is 3.20. The lowest BCUT2D eigenvalue weighted by Gasteiger charge is -1.95. The smallest absolute Gasteiger partial charge is 0.295 e. The van der Waals surface area contributed by atoms with E-state index in [1.807, 2.05) is 6.92 Å². The van der Waals surface area contributed by atoms with Crippen LogP contribution in [0.2, 0.25) is 5.02 Å². The Bertz CT molecular complexity index is 1180. The molecule has 130 valence electrons. The van der Waals surface area contributed by atoms with Gasteiger partial charge >= 0.3 is 0 Å². The number of hydrogen-bond acceptors (Lipinski definition) is 5. The second kappa shape index (κ2) is 6.27. The van der Waals surface area contributed by atoms with Crippen LogP contribution in [0.25, 0.3) is 22.0 Å². The van der Waals surface area contributed by atoms with Gasteiger partial charge in [-0.25, -0.2) is 4.98 Å². The molecule has 0 spiro atoms. The fraction of sp³-hybridized carbons (Fsp3) is 0.111. The maximum Gasteiger partial charge on any atom is 0.295 e. The summed E-state index contributed by atoms with van der Waals surface area (Å²) in [5.74, 6) is -0.153. The predicted molar refractivity (Wildman–Crippen MR) is 97.2 cm³/mol. The number of carbonyl (C=O) groups is 1. The fourth-order valence-corrected chi connectivity index (χ4v) is 2.89. The van der Waals surface area contributed by atoms with Crippen LogP contribution in [0.3, 0.4) is 0 Å². The van der Waals surface area contributed by atoms with E-state index in [1.165, 1.54) is 0 Å². The summed E-state index contributed by atoms with van der Waals surface area (Å²) in [6, 6.07) is 10.0.